The summed E-state index contributed by atoms with van der Waals surface area (Å²) in [5, 5.41) is 2.85. The van der Waals surface area contributed by atoms with Gasteiger partial charge in [-0.15, -0.1) is 11.3 Å². The number of nitrogens with two attached hydrogens (primary N) is 1. The number of nitrogens with zero attached hydrogens (tertiary/aromatic N) is 1. The van der Waals surface area contributed by atoms with Crippen LogP contribution in [0, 0.1) is 5.92 Å². The summed E-state index contributed by atoms with van der Waals surface area (Å²) in [5.41, 5.74) is 8.85. The molecule has 0 spiro atoms. The van der Waals surface area contributed by atoms with Gasteiger partial charge in [0.15, 0.2) is 0 Å². The minimum Gasteiger partial charge on any atom is -0.392 e. The third kappa shape index (κ3) is 6.00. The number of thiazole rings is 1. The highest BCUT2D eigenvalue weighted by Crippen LogP contribution is 2.22. The molecule has 2 atom stereocenters. The van der Waals surface area contributed by atoms with E-state index in [2.05, 4.69) is 17.6 Å². The largest absolute Gasteiger partial charge is 0.392 e. The second kappa shape index (κ2) is 10.3. The van der Waals surface area contributed by atoms with Crippen molar-refractivity contribution in [2.24, 2.45) is 11.7 Å². The van der Waals surface area contributed by atoms with Crippen molar-refractivity contribution in [3.8, 4) is 10.6 Å². The second-order valence-electron chi connectivity index (χ2n) is 6.65. The third-order valence-corrected chi connectivity index (χ3v) is 5.73. The molecule has 3 rings (SSSR count). The molecule has 0 radical (unpaired) electrons. The van der Waals surface area contributed by atoms with Crippen LogP contribution in [0.25, 0.3) is 10.6 Å². The lowest BCUT2D eigenvalue weighted by atomic mass is 10.0. The van der Waals surface area contributed by atoms with Crippen LogP contribution in [0.4, 0.5) is 0 Å². The third-order valence-electron chi connectivity index (χ3n) is 4.47. The van der Waals surface area contributed by atoms with Crippen molar-refractivity contribution in [2.75, 3.05) is 5.75 Å². The van der Waals surface area contributed by atoms with Gasteiger partial charge in [0.25, 0.3) is 0 Å². The van der Waals surface area contributed by atoms with Crippen molar-refractivity contribution in [3.05, 3.63) is 77.3 Å². The molecule has 1 heterocycles. The van der Waals surface area contributed by atoms with Crippen LogP contribution in [0.15, 0.2) is 66.2 Å². The molecule has 0 fully saturated rings. The van der Waals surface area contributed by atoms with Crippen molar-refractivity contribution in [1.29, 1.82) is 0 Å². The summed E-state index contributed by atoms with van der Waals surface area (Å²) in [7, 11) is 0. The van der Waals surface area contributed by atoms with E-state index in [-0.39, 0.29) is 12.2 Å². The molecule has 0 bridgehead atoms. The summed E-state index contributed by atoms with van der Waals surface area (Å²) in [6.45, 7) is 0. The lowest BCUT2D eigenvalue weighted by Crippen LogP contribution is -2.37. The van der Waals surface area contributed by atoms with Gasteiger partial charge in [0.2, 0.25) is 0 Å². The van der Waals surface area contributed by atoms with E-state index in [0.29, 0.717) is 6.42 Å². The van der Waals surface area contributed by atoms with Crippen LogP contribution in [0.5, 0.6) is 0 Å². The fourth-order valence-electron chi connectivity index (χ4n) is 2.87. The lowest BCUT2D eigenvalue weighted by molar-refractivity contribution is -0.163. The molecule has 0 aliphatic heterocycles. The maximum Gasteiger partial charge on any atom is 0.330 e. The molecule has 2 aromatic carbocycles. The van der Waals surface area contributed by atoms with Gasteiger partial charge in [-0.3, -0.25) is 4.79 Å². The van der Waals surface area contributed by atoms with E-state index < -0.39 is 23.9 Å². The van der Waals surface area contributed by atoms with Gasteiger partial charge in [-0.1, -0.05) is 54.6 Å². The van der Waals surface area contributed by atoms with Gasteiger partial charge < -0.3 is 10.5 Å². The molecular weight excluding hydrogens is 404 g/mol. The Morgan fingerprint density at radius 3 is 2.31 bits per heavy atom. The molecular formula is C22H22N2O3S2. The van der Waals surface area contributed by atoms with Crippen LogP contribution in [0.2, 0.25) is 0 Å². The van der Waals surface area contributed by atoms with E-state index in [1.165, 1.54) is 0 Å². The number of esters is 2. The molecule has 7 heteroatoms. The van der Waals surface area contributed by atoms with E-state index in [0.717, 1.165) is 21.7 Å². The highest BCUT2D eigenvalue weighted by molar-refractivity contribution is 7.80. The molecule has 29 heavy (non-hydrogen) atoms. The number of hydrogen-bond acceptors (Lipinski definition) is 7. The first-order chi connectivity index (χ1) is 14.1. The van der Waals surface area contributed by atoms with Crippen LogP contribution < -0.4 is 5.73 Å². The van der Waals surface area contributed by atoms with Crippen LogP contribution >= 0.6 is 24.0 Å². The molecule has 150 valence electrons. The van der Waals surface area contributed by atoms with Crippen LogP contribution in [0.3, 0.4) is 0 Å². The molecule has 0 saturated carbocycles. The van der Waals surface area contributed by atoms with E-state index in [4.69, 9.17) is 10.5 Å². The average Bonchev–Trinajstić information content (AvgIpc) is 3.28. The highest BCUT2D eigenvalue weighted by atomic mass is 32.1. The van der Waals surface area contributed by atoms with Crippen LogP contribution in [0.1, 0.15) is 11.1 Å². The topological polar surface area (TPSA) is 82.3 Å². The molecule has 0 saturated heterocycles. The maximum absolute atomic E-state index is 12.4. The normalized spacial score (nSPS) is 12.9. The van der Waals surface area contributed by atoms with Gasteiger partial charge in [0.05, 0.1) is 5.92 Å². The van der Waals surface area contributed by atoms with Gasteiger partial charge >= 0.3 is 11.9 Å². The Balaban J connectivity index is 1.54. The number of carbonyl (C=O) groups excluding carboxylic acids is 2. The van der Waals surface area contributed by atoms with Crippen molar-refractivity contribution in [2.45, 2.75) is 18.9 Å². The first kappa shape index (κ1) is 21.2. The van der Waals surface area contributed by atoms with Crippen molar-refractivity contribution >= 4 is 35.9 Å². The molecule has 5 nitrogen and oxygen atoms in total. The zero-order valence-electron chi connectivity index (χ0n) is 15.7. The molecule has 2 N–H and O–H groups in total. The van der Waals surface area contributed by atoms with Crippen molar-refractivity contribution in [3.63, 3.8) is 0 Å². The summed E-state index contributed by atoms with van der Waals surface area (Å²) >= 11 is 5.79. The zero-order valence-corrected chi connectivity index (χ0v) is 17.4. The number of ether oxygens (including phenoxy) is 1. The number of rotatable bonds is 8. The number of aromatic nitrogens is 1. The molecule has 0 amide bonds. The van der Waals surface area contributed by atoms with Crippen LogP contribution in [-0.2, 0) is 27.2 Å². The van der Waals surface area contributed by atoms with Gasteiger partial charge in [0.1, 0.15) is 11.0 Å². The predicted molar refractivity (Wildman–Crippen MR) is 118 cm³/mol. The maximum atomic E-state index is 12.4. The van der Waals surface area contributed by atoms with E-state index in [1.54, 1.807) is 17.5 Å². The first-order valence-corrected chi connectivity index (χ1v) is 10.7. The Morgan fingerprint density at radius 2 is 1.69 bits per heavy atom. The van der Waals surface area contributed by atoms with Gasteiger partial charge in [-0.25, -0.2) is 9.78 Å². The van der Waals surface area contributed by atoms with Crippen LogP contribution in [-0.4, -0.2) is 28.7 Å². The monoisotopic (exact) mass is 426 g/mol. The Kier molecular flexibility index (Phi) is 7.57. The molecule has 0 aliphatic rings. The Hall–Kier alpha value is -2.48. The SMILES string of the molecule is N[C@@H](Cc1ccc(-c2nccs2)cc1)C(=O)OC(=O)[C@@H](CS)Cc1ccccc1. The quantitative estimate of drug-likeness (QED) is 0.327. The fraction of sp³-hybridized carbons (Fsp3) is 0.227. The highest BCUT2D eigenvalue weighted by Gasteiger charge is 2.25. The van der Waals surface area contributed by atoms with E-state index >= 15 is 0 Å². The Morgan fingerprint density at radius 1 is 1.00 bits per heavy atom. The summed E-state index contributed by atoms with van der Waals surface area (Å²) in [4.78, 5) is 28.9. The minimum atomic E-state index is -0.915. The molecule has 0 unspecified atom stereocenters. The van der Waals surface area contributed by atoms with Crippen molar-refractivity contribution < 1.29 is 14.3 Å². The molecule has 1 aromatic heterocycles. The average molecular weight is 427 g/mol. The van der Waals surface area contributed by atoms with E-state index in [1.807, 2.05) is 60.0 Å². The number of benzene rings is 2. The Bertz CT molecular complexity index is 928. The summed E-state index contributed by atoms with van der Waals surface area (Å²) in [6, 6.07) is 16.3. The van der Waals surface area contributed by atoms with Gasteiger partial charge in [0, 0.05) is 22.9 Å². The number of hydrogen-bond donors (Lipinski definition) is 2. The van der Waals surface area contributed by atoms with Gasteiger partial charge in [-0.2, -0.15) is 12.6 Å². The fourth-order valence-corrected chi connectivity index (χ4v) is 3.79. The summed E-state index contributed by atoms with van der Waals surface area (Å²) in [5.74, 6) is -1.54. The Labute approximate surface area is 179 Å². The standard InChI is InChI=1S/C22H22N2O3S2/c23-19(13-16-6-8-17(9-7-16)20-24-10-11-29-20)22(26)27-21(25)18(14-28)12-15-4-2-1-3-5-15/h1-11,18-19,28H,12-14,23H2/t18-,19+/m1/s1. The smallest absolute Gasteiger partial charge is 0.330 e. The first-order valence-electron chi connectivity index (χ1n) is 9.21. The molecule has 0 aliphatic carbocycles. The van der Waals surface area contributed by atoms with Crippen molar-refractivity contribution in [1.82, 2.24) is 4.98 Å². The second-order valence-corrected chi connectivity index (χ2v) is 7.91. The molecule has 3 aromatic rings. The number of carbonyl (C=O) groups is 2. The summed E-state index contributed by atoms with van der Waals surface area (Å²) in [6.07, 6.45) is 2.51. The van der Waals surface area contributed by atoms with Gasteiger partial charge in [-0.05, 0) is 24.0 Å². The predicted octanol–water partition coefficient (Wildman–Crippen LogP) is 3.54. The van der Waals surface area contributed by atoms with E-state index in [9.17, 15) is 9.59 Å². The zero-order chi connectivity index (χ0) is 20.6. The lowest BCUT2D eigenvalue weighted by Gasteiger charge is -2.15. The summed E-state index contributed by atoms with van der Waals surface area (Å²) < 4.78 is 5.03. The number of thiol groups is 1. The minimum absolute atomic E-state index is 0.286.